The van der Waals surface area contributed by atoms with E-state index in [4.69, 9.17) is 14.3 Å². The van der Waals surface area contributed by atoms with E-state index >= 15 is 0 Å². The highest BCUT2D eigenvalue weighted by Gasteiger charge is 2.38. The third-order valence-corrected chi connectivity index (χ3v) is 4.79. The van der Waals surface area contributed by atoms with Crippen LogP contribution in [0.25, 0.3) is 22.3 Å². The van der Waals surface area contributed by atoms with Gasteiger partial charge >= 0.3 is 11.9 Å². The van der Waals surface area contributed by atoms with Gasteiger partial charge in [-0.2, -0.15) is 0 Å². The van der Waals surface area contributed by atoms with Crippen molar-refractivity contribution in [1.29, 1.82) is 0 Å². The molecule has 8 N–H and O–H groups in total. The van der Waals surface area contributed by atoms with Crippen LogP contribution in [-0.2, 0) is 9.59 Å². The van der Waals surface area contributed by atoms with Gasteiger partial charge in [-0.05, 0) is 24.3 Å². The number of aromatic hydroxyl groups is 3. The van der Waals surface area contributed by atoms with Gasteiger partial charge in [-0.15, -0.1) is 0 Å². The molecular weight excluding hydrogens is 460 g/mol. The van der Waals surface area contributed by atoms with E-state index in [-0.39, 0.29) is 17.1 Å². The number of carboxylic acids is 1. The van der Waals surface area contributed by atoms with Crippen LogP contribution in [0, 0.1) is 0 Å². The van der Waals surface area contributed by atoms with Crippen molar-refractivity contribution >= 4 is 22.9 Å². The van der Waals surface area contributed by atoms with Crippen molar-refractivity contribution < 1.29 is 59.6 Å². The van der Waals surface area contributed by atoms with Crippen LogP contribution in [0.1, 0.15) is 0 Å². The molecule has 0 fully saturated rings. The van der Waals surface area contributed by atoms with Gasteiger partial charge in [-0.1, -0.05) is 0 Å². The molecule has 34 heavy (non-hydrogen) atoms. The second-order valence-corrected chi connectivity index (χ2v) is 7.10. The summed E-state index contributed by atoms with van der Waals surface area (Å²) in [6, 6.07) is 7.33. The van der Waals surface area contributed by atoms with E-state index in [1.54, 1.807) is 0 Å². The molecule has 0 amide bonds. The zero-order valence-corrected chi connectivity index (χ0v) is 16.9. The minimum Gasteiger partial charge on any atom is -0.508 e. The maximum atomic E-state index is 12.5. The Hall–Kier alpha value is -4.17. The van der Waals surface area contributed by atoms with Gasteiger partial charge < -0.3 is 50.0 Å². The lowest BCUT2D eigenvalue weighted by Gasteiger charge is -2.23. The number of rotatable bonds is 7. The maximum absolute atomic E-state index is 12.5. The average Bonchev–Trinajstić information content (AvgIpc) is 2.80. The van der Waals surface area contributed by atoms with Crippen molar-refractivity contribution in [2.75, 3.05) is 0 Å². The first-order valence-corrected chi connectivity index (χ1v) is 9.41. The predicted molar refractivity (Wildman–Crippen MR) is 110 cm³/mol. The normalized spacial score (nSPS) is 14.8. The second-order valence-electron chi connectivity index (χ2n) is 7.10. The first kappa shape index (κ1) is 24.5. The summed E-state index contributed by atoms with van der Waals surface area (Å²) in [7, 11) is 0. The summed E-state index contributed by atoms with van der Waals surface area (Å²) < 4.78 is 10.3. The molecule has 3 rings (SSSR count). The maximum Gasteiger partial charge on any atom is 0.343 e. The Kier molecular flexibility index (Phi) is 6.74. The van der Waals surface area contributed by atoms with Crippen LogP contribution >= 0.6 is 0 Å². The molecule has 0 radical (unpaired) electrons. The smallest absolute Gasteiger partial charge is 0.343 e. The Morgan fingerprint density at radius 2 is 1.44 bits per heavy atom. The number of phenols is 3. The molecule has 0 saturated heterocycles. The zero-order chi connectivity index (χ0) is 25.3. The predicted octanol–water partition coefficient (Wildman–Crippen LogP) is -0.990. The number of esters is 1. The SMILES string of the molecule is O=C(O)[C@@H](O)[C@@H](O)[C@H](O)[C@@H](O)C(=O)Oc1cc2oc(-c3ccc(O)cc3)cc(=O)c2c(O)c1O. The molecule has 0 spiro atoms. The van der Waals surface area contributed by atoms with E-state index in [9.17, 15) is 50.1 Å². The summed E-state index contributed by atoms with van der Waals surface area (Å²) in [4.78, 5) is 35.3. The third-order valence-electron chi connectivity index (χ3n) is 4.79. The van der Waals surface area contributed by atoms with Gasteiger partial charge in [0.05, 0.1) is 0 Å². The first-order valence-electron chi connectivity index (χ1n) is 9.41. The van der Waals surface area contributed by atoms with Crippen LogP contribution in [0.3, 0.4) is 0 Å². The molecule has 13 nitrogen and oxygen atoms in total. The molecule has 2 aromatic carbocycles. The number of carbonyl (C=O) groups excluding carboxylic acids is 1. The second kappa shape index (κ2) is 9.36. The number of benzene rings is 2. The molecule has 0 unspecified atom stereocenters. The Morgan fingerprint density at radius 3 is 2.03 bits per heavy atom. The van der Waals surface area contributed by atoms with Crippen molar-refractivity contribution in [3.63, 3.8) is 0 Å². The number of aliphatic hydroxyl groups excluding tert-OH is 4. The number of aliphatic hydroxyl groups is 4. The number of hydrogen-bond acceptors (Lipinski definition) is 12. The minimum atomic E-state index is -2.59. The van der Waals surface area contributed by atoms with Gasteiger partial charge in [0.2, 0.25) is 5.75 Å². The van der Waals surface area contributed by atoms with E-state index in [1.807, 2.05) is 0 Å². The van der Waals surface area contributed by atoms with Crippen LogP contribution in [0.5, 0.6) is 23.0 Å². The zero-order valence-electron chi connectivity index (χ0n) is 16.9. The molecule has 4 atom stereocenters. The molecule has 1 aromatic heterocycles. The number of phenolic OH excluding ortho intramolecular Hbond substituents is 3. The highest BCUT2D eigenvalue weighted by Crippen LogP contribution is 2.41. The van der Waals surface area contributed by atoms with E-state index in [1.165, 1.54) is 24.3 Å². The number of hydrogen-bond donors (Lipinski definition) is 8. The summed E-state index contributed by atoms with van der Waals surface area (Å²) in [5.74, 6) is -6.66. The van der Waals surface area contributed by atoms with Crippen molar-refractivity contribution in [3.8, 4) is 34.3 Å². The van der Waals surface area contributed by atoms with Crippen molar-refractivity contribution in [2.45, 2.75) is 24.4 Å². The van der Waals surface area contributed by atoms with E-state index in [2.05, 4.69) is 0 Å². The largest absolute Gasteiger partial charge is 0.508 e. The highest BCUT2D eigenvalue weighted by atomic mass is 16.6. The Balaban J connectivity index is 1.97. The molecule has 3 aromatic rings. The molecule has 0 saturated carbocycles. The van der Waals surface area contributed by atoms with E-state index < -0.39 is 64.4 Å². The number of carboxylic acid groups (broad SMARTS) is 1. The van der Waals surface area contributed by atoms with E-state index in [0.717, 1.165) is 12.1 Å². The summed E-state index contributed by atoms with van der Waals surface area (Å²) in [6.45, 7) is 0. The van der Waals surface area contributed by atoms with Crippen molar-refractivity contribution in [2.24, 2.45) is 0 Å². The molecule has 1 heterocycles. The standard InChI is InChI=1S/C21H18O13/c22-8-3-1-7(2-4-8)10-5-9(23)13-11(33-10)6-12(14(24)15(13)25)34-21(32)19(29)17(27)16(26)18(28)20(30)31/h1-6,16-19,22,24-29H,(H,30,31)/t16-,17-,18-,19+/m0/s1. The lowest BCUT2D eigenvalue weighted by atomic mass is 10.0. The number of carbonyl (C=O) groups is 2. The van der Waals surface area contributed by atoms with Crippen molar-refractivity contribution in [3.05, 3.63) is 46.6 Å². The van der Waals surface area contributed by atoms with Crippen LogP contribution in [-0.4, -0.2) is 77.2 Å². The van der Waals surface area contributed by atoms with E-state index in [0.29, 0.717) is 5.56 Å². The Labute approximate surface area is 188 Å². The van der Waals surface area contributed by atoms with Crippen LogP contribution in [0.4, 0.5) is 0 Å². The molecule has 0 aliphatic rings. The average molecular weight is 478 g/mol. The Bertz CT molecular complexity index is 1290. The summed E-state index contributed by atoms with van der Waals surface area (Å²) in [5.41, 5.74) is -0.784. The molecular formula is C21H18O13. The van der Waals surface area contributed by atoms with Crippen LogP contribution in [0.15, 0.2) is 45.6 Å². The summed E-state index contributed by atoms with van der Waals surface area (Å²) >= 11 is 0. The van der Waals surface area contributed by atoms with Crippen LogP contribution < -0.4 is 10.2 Å². The van der Waals surface area contributed by atoms with Gasteiger partial charge in [0.15, 0.2) is 29.1 Å². The number of aliphatic carboxylic acids is 1. The van der Waals surface area contributed by atoms with Gasteiger partial charge in [0, 0.05) is 17.7 Å². The quantitative estimate of drug-likeness (QED) is 0.116. The summed E-state index contributed by atoms with van der Waals surface area (Å²) in [6.07, 6.45) is -10.1. The Morgan fingerprint density at radius 1 is 0.853 bits per heavy atom. The molecule has 0 aliphatic heterocycles. The lowest BCUT2D eigenvalue weighted by molar-refractivity contribution is -0.171. The molecule has 13 heteroatoms. The van der Waals surface area contributed by atoms with Gasteiger partial charge in [0.25, 0.3) is 0 Å². The van der Waals surface area contributed by atoms with Gasteiger partial charge in [-0.25, -0.2) is 9.59 Å². The van der Waals surface area contributed by atoms with Crippen molar-refractivity contribution in [1.82, 2.24) is 0 Å². The topological polar surface area (TPSA) is 235 Å². The third kappa shape index (κ3) is 4.62. The molecule has 0 bridgehead atoms. The highest BCUT2D eigenvalue weighted by molar-refractivity contribution is 5.91. The monoisotopic (exact) mass is 478 g/mol. The first-order chi connectivity index (χ1) is 15.9. The van der Waals surface area contributed by atoms with Crippen LogP contribution in [0.2, 0.25) is 0 Å². The molecule has 0 aliphatic carbocycles. The van der Waals surface area contributed by atoms with Gasteiger partial charge in [0.1, 0.15) is 34.7 Å². The number of ether oxygens (including phenoxy) is 1. The lowest BCUT2D eigenvalue weighted by Crippen LogP contribution is -2.50. The fraction of sp³-hybridized carbons (Fsp3) is 0.190. The summed E-state index contributed by atoms with van der Waals surface area (Å²) in [5, 5.41) is 76.3. The molecule has 180 valence electrons. The van der Waals surface area contributed by atoms with Gasteiger partial charge in [-0.3, -0.25) is 4.79 Å². The fourth-order valence-corrected chi connectivity index (χ4v) is 2.94. The number of fused-ring (bicyclic) bond motifs is 1. The minimum absolute atomic E-state index is 0.0129. The fourth-order valence-electron chi connectivity index (χ4n) is 2.94.